The Bertz CT molecular complexity index is 1260. The molecule has 1 aromatic heterocycles. The van der Waals surface area contributed by atoms with Crippen LogP contribution in [-0.2, 0) is 16.0 Å². The van der Waals surface area contributed by atoms with Crippen LogP contribution in [0.4, 0.5) is 18.9 Å². The Morgan fingerprint density at radius 1 is 1.03 bits per heavy atom. The minimum atomic E-state index is -4.97. The lowest BCUT2D eigenvalue weighted by Crippen LogP contribution is -2.41. The molecule has 1 amide bonds. The zero-order valence-electron chi connectivity index (χ0n) is 20.5. The van der Waals surface area contributed by atoms with E-state index in [1.807, 2.05) is 17.0 Å². The molecule has 3 aromatic rings. The molecular weight excluding hydrogens is 505 g/mol. The molecule has 200 valence electrons. The van der Waals surface area contributed by atoms with Gasteiger partial charge in [0.05, 0.1) is 32.6 Å². The zero-order valence-corrected chi connectivity index (χ0v) is 20.5. The number of nitrogens with one attached hydrogen (secondary N) is 1. The van der Waals surface area contributed by atoms with Gasteiger partial charge in [0.25, 0.3) is 0 Å². The number of Topliss-reactive ketones (excluding diaryl/α,β-unsaturated/α-hetero) is 1. The number of rotatable bonds is 9. The molecule has 0 saturated carbocycles. The van der Waals surface area contributed by atoms with E-state index in [4.69, 9.17) is 9.47 Å². The van der Waals surface area contributed by atoms with E-state index < -0.39 is 18.0 Å². The van der Waals surface area contributed by atoms with Gasteiger partial charge in [0.1, 0.15) is 0 Å². The van der Waals surface area contributed by atoms with Crippen molar-refractivity contribution in [3.05, 3.63) is 66.0 Å². The van der Waals surface area contributed by atoms with Crippen LogP contribution >= 0.6 is 0 Å². The predicted molar refractivity (Wildman–Crippen MR) is 131 cm³/mol. The standard InChI is InChI=1S/C26H25F3N4O5/c1-36-25-30-14-20(15-31-25)18-4-2-17(3-5-18)12-22(34)19-6-7-23(38-26(27,28)29)21(13-19)32-24(35)16-33-8-10-37-11-9-33/h2-7,13-15H,8-12,16H2,1H3,(H,32,35). The highest BCUT2D eigenvalue weighted by molar-refractivity contribution is 6.00. The van der Waals surface area contributed by atoms with E-state index in [1.165, 1.54) is 19.2 Å². The highest BCUT2D eigenvalue weighted by Gasteiger charge is 2.32. The van der Waals surface area contributed by atoms with E-state index in [-0.39, 0.29) is 36.0 Å². The maximum absolute atomic E-state index is 13.0. The molecular formula is C26H25F3N4O5. The Morgan fingerprint density at radius 2 is 1.71 bits per heavy atom. The van der Waals surface area contributed by atoms with E-state index in [2.05, 4.69) is 20.0 Å². The fourth-order valence-electron chi connectivity index (χ4n) is 3.84. The molecule has 0 bridgehead atoms. The summed E-state index contributed by atoms with van der Waals surface area (Å²) in [7, 11) is 1.47. The third kappa shape index (κ3) is 7.49. The lowest BCUT2D eigenvalue weighted by Gasteiger charge is -2.26. The molecule has 9 nitrogen and oxygen atoms in total. The Morgan fingerprint density at radius 3 is 2.34 bits per heavy atom. The highest BCUT2D eigenvalue weighted by Crippen LogP contribution is 2.32. The number of morpholine rings is 1. The average molecular weight is 531 g/mol. The van der Waals surface area contributed by atoms with Crippen LogP contribution in [0, 0.1) is 0 Å². The van der Waals surface area contributed by atoms with Gasteiger partial charge >= 0.3 is 12.4 Å². The number of benzene rings is 2. The van der Waals surface area contributed by atoms with Gasteiger partial charge in [0.15, 0.2) is 11.5 Å². The number of anilines is 1. The highest BCUT2D eigenvalue weighted by atomic mass is 19.4. The van der Waals surface area contributed by atoms with Crippen molar-refractivity contribution in [3.8, 4) is 22.9 Å². The van der Waals surface area contributed by atoms with Crippen molar-refractivity contribution in [2.45, 2.75) is 12.8 Å². The van der Waals surface area contributed by atoms with Crippen molar-refractivity contribution in [2.75, 3.05) is 45.3 Å². The Balaban J connectivity index is 1.47. The molecule has 0 aliphatic carbocycles. The molecule has 1 saturated heterocycles. The first-order valence-corrected chi connectivity index (χ1v) is 11.7. The third-order valence-electron chi connectivity index (χ3n) is 5.73. The number of ether oxygens (including phenoxy) is 3. The average Bonchev–Trinajstić information content (AvgIpc) is 2.90. The minimum absolute atomic E-state index is 0.0000311. The molecule has 2 aromatic carbocycles. The monoisotopic (exact) mass is 530 g/mol. The number of amides is 1. The molecule has 1 aliphatic rings. The number of hydrogen-bond acceptors (Lipinski definition) is 8. The fourth-order valence-corrected chi connectivity index (χ4v) is 3.84. The second-order valence-corrected chi connectivity index (χ2v) is 8.45. The van der Waals surface area contributed by atoms with Gasteiger partial charge in [0, 0.05) is 43.0 Å². The van der Waals surface area contributed by atoms with E-state index in [9.17, 15) is 22.8 Å². The number of alkyl halides is 3. The number of halogens is 3. The summed E-state index contributed by atoms with van der Waals surface area (Å²) in [6.07, 6.45) is -1.73. The molecule has 1 fully saturated rings. The number of nitrogens with zero attached hydrogens (tertiary/aromatic N) is 3. The minimum Gasteiger partial charge on any atom is -0.467 e. The lowest BCUT2D eigenvalue weighted by atomic mass is 10.00. The summed E-state index contributed by atoms with van der Waals surface area (Å²) in [5.41, 5.74) is 2.20. The first-order valence-electron chi connectivity index (χ1n) is 11.7. The summed E-state index contributed by atoms with van der Waals surface area (Å²) in [4.78, 5) is 35.4. The summed E-state index contributed by atoms with van der Waals surface area (Å²) in [5.74, 6) is -1.47. The maximum Gasteiger partial charge on any atom is 0.573 e. The van der Waals surface area contributed by atoms with Crippen LogP contribution in [0.5, 0.6) is 11.8 Å². The lowest BCUT2D eigenvalue weighted by molar-refractivity contribution is -0.274. The first kappa shape index (κ1) is 27.0. The van der Waals surface area contributed by atoms with E-state index in [1.54, 1.807) is 24.5 Å². The van der Waals surface area contributed by atoms with E-state index in [0.29, 0.717) is 31.9 Å². The summed E-state index contributed by atoms with van der Waals surface area (Å²) >= 11 is 0. The quantitative estimate of drug-likeness (QED) is 0.418. The molecule has 0 unspecified atom stereocenters. The van der Waals surface area contributed by atoms with E-state index >= 15 is 0 Å². The van der Waals surface area contributed by atoms with Gasteiger partial charge in [-0.3, -0.25) is 14.5 Å². The Labute approximate surface area is 216 Å². The molecule has 1 aliphatic heterocycles. The Kier molecular flexibility index (Phi) is 8.54. The normalized spacial score (nSPS) is 14.1. The van der Waals surface area contributed by atoms with Crippen LogP contribution < -0.4 is 14.8 Å². The zero-order chi connectivity index (χ0) is 27.1. The van der Waals surface area contributed by atoms with Gasteiger partial charge in [0.2, 0.25) is 5.91 Å². The number of hydrogen-bond donors (Lipinski definition) is 1. The number of ketones is 1. The van der Waals surface area contributed by atoms with Gasteiger partial charge < -0.3 is 19.5 Å². The van der Waals surface area contributed by atoms with Gasteiger partial charge in [-0.2, -0.15) is 0 Å². The molecule has 0 radical (unpaired) electrons. The summed E-state index contributed by atoms with van der Waals surface area (Å²) in [6, 6.07) is 10.9. The van der Waals surface area contributed by atoms with Crippen LogP contribution in [-0.4, -0.2) is 72.9 Å². The fraction of sp³-hybridized carbons (Fsp3) is 0.308. The second-order valence-electron chi connectivity index (χ2n) is 8.45. The maximum atomic E-state index is 13.0. The van der Waals surface area contributed by atoms with Crippen molar-refractivity contribution >= 4 is 17.4 Å². The summed E-state index contributed by atoms with van der Waals surface area (Å²) < 4.78 is 53.1. The number of methoxy groups -OCH3 is 1. The molecule has 2 heterocycles. The topological polar surface area (TPSA) is 103 Å². The summed E-state index contributed by atoms with van der Waals surface area (Å²) in [6.45, 7) is 1.96. The van der Waals surface area contributed by atoms with Gasteiger partial charge in [-0.1, -0.05) is 24.3 Å². The van der Waals surface area contributed by atoms with Crippen LogP contribution in [0.2, 0.25) is 0 Å². The van der Waals surface area contributed by atoms with Crippen LogP contribution in [0.25, 0.3) is 11.1 Å². The van der Waals surface area contributed by atoms with Crippen molar-refractivity contribution in [2.24, 2.45) is 0 Å². The second kappa shape index (κ2) is 12.0. The van der Waals surface area contributed by atoms with Crippen LogP contribution in [0.3, 0.4) is 0 Å². The molecule has 12 heteroatoms. The van der Waals surface area contributed by atoms with Crippen molar-refractivity contribution in [1.29, 1.82) is 0 Å². The van der Waals surface area contributed by atoms with Gasteiger partial charge in [-0.05, 0) is 29.3 Å². The van der Waals surface area contributed by atoms with Crippen LogP contribution in [0.15, 0.2) is 54.9 Å². The predicted octanol–water partition coefficient (Wildman–Crippen LogP) is 3.75. The SMILES string of the molecule is COc1ncc(-c2ccc(CC(=O)c3ccc(OC(F)(F)F)c(NC(=O)CN4CCOCC4)c3)cc2)cn1. The molecule has 1 N–H and O–H groups in total. The van der Waals surface area contributed by atoms with Crippen LogP contribution in [0.1, 0.15) is 15.9 Å². The molecule has 38 heavy (non-hydrogen) atoms. The number of carbonyl (C=O) groups excluding carboxylic acids is 2. The van der Waals surface area contributed by atoms with Crippen molar-refractivity contribution < 1.29 is 37.0 Å². The van der Waals surface area contributed by atoms with Crippen molar-refractivity contribution in [1.82, 2.24) is 14.9 Å². The third-order valence-corrected chi connectivity index (χ3v) is 5.73. The Hall–Kier alpha value is -4.03. The van der Waals surface area contributed by atoms with Gasteiger partial charge in [-0.25, -0.2) is 9.97 Å². The van der Waals surface area contributed by atoms with E-state index in [0.717, 1.165) is 17.2 Å². The van der Waals surface area contributed by atoms with Gasteiger partial charge in [-0.15, -0.1) is 13.2 Å². The number of carbonyl (C=O) groups is 2. The first-order chi connectivity index (χ1) is 18.2. The number of aromatic nitrogens is 2. The van der Waals surface area contributed by atoms with Crippen molar-refractivity contribution in [3.63, 3.8) is 0 Å². The molecule has 4 rings (SSSR count). The molecule has 0 spiro atoms. The smallest absolute Gasteiger partial charge is 0.467 e. The summed E-state index contributed by atoms with van der Waals surface area (Å²) in [5, 5.41) is 2.45. The largest absolute Gasteiger partial charge is 0.573 e. The molecule has 0 atom stereocenters.